The summed E-state index contributed by atoms with van der Waals surface area (Å²) >= 11 is 0. The molecule has 1 amide bonds. The summed E-state index contributed by atoms with van der Waals surface area (Å²) in [5.41, 5.74) is 8.24. The van der Waals surface area contributed by atoms with Crippen LogP contribution in [0.3, 0.4) is 0 Å². The summed E-state index contributed by atoms with van der Waals surface area (Å²) in [5.74, 6) is -0.129. The first kappa shape index (κ1) is 18.3. The molecule has 0 saturated carbocycles. The topological polar surface area (TPSA) is 98.1 Å². The number of hydrogen-bond donors (Lipinski definition) is 1. The third-order valence-electron chi connectivity index (χ3n) is 5.08. The molecule has 3 atom stereocenters. The normalized spacial score (nSPS) is 23.5. The largest absolute Gasteiger partial charge is 0.325 e. The number of carbonyl (C=O) groups excluding carboxylic acids is 1. The standard InChI is InChI=1S/C19H26N6O/c1-13(2)25-12-18(22-23-25)15-7-5-14(6-8-15)10-17(21)19(26)24-9-3-4-16(24)11-20/h5-8,13,16-18H,3-4,9-10,12,21H2,1-2H3/t16-,17-,18?/m0/s1. The number of nitrogens with zero attached hydrogens (tertiary/aromatic N) is 5. The van der Waals surface area contributed by atoms with Gasteiger partial charge in [0.2, 0.25) is 5.91 Å². The number of hydrogen-bond acceptors (Lipinski definition) is 6. The predicted octanol–water partition coefficient (Wildman–Crippen LogP) is 2.20. The second kappa shape index (κ2) is 7.83. The molecule has 2 aliphatic heterocycles. The highest BCUT2D eigenvalue weighted by atomic mass is 16.2. The van der Waals surface area contributed by atoms with Crippen LogP contribution < -0.4 is 5.73 Å². The SMILES string of the molecule is CC(C)N1CC(c2ccc(C[C@H](N)C(=O)N3CCC[C@H]3C#N)cc2)N=N1. The fourth-order valence-electron chi connectivity index (χ4n) is 3.46. The number of nitriles is 1. The zero-order valence-electron chi connectivity index (χ0n) is 15.4. The minimum atomic E-state index is -0.614. The lowest BCUT2D eigenvalue weighted by atomic mass is 10.0. The lowest BCUT2D eigenvalue weighted by Crippen LogP contribution is -2.46. The summed E-state index contributed by atoms with van der Waals surface area (Å²) in [6, 6.07) is 9.73. The molecule has 0 aliphatic carbocycles. The van der Waals surface area contributed by atoms with E-state index in [0.717, 1.165) is 30.5 Å². The monoisotopic (exact) mass is 354 g/mol. The average molecular weight is 354 g/mol. The van der Waals surface area contributed by atoms with Crippen molar-refractivity contribution in [2.45, 2.75) is 57.3 Å². The van der Waals surface area contributed by atoms with Crippen molar-refractivity contribution < 1.29 is 4.79 Å². The molecule has 1 aromatic rings. The molecule has 3 rings (SSSR count). The second-order valence-corrected chi connectivity index (χ2v) is 7.31. The Bertz CT molecular complexity index is 708. The van der Waals surface area contributed by atoms with Crippen LogP contribution in [0.25, 0.3) is 0 Å². The Morgan fingerprint density at radius 1 is 1.38 bits per heavy atom. The molecule has 1 aromatic carbocycles. The fraction of sp³-hybridized carbons (Fsp3) is 0.579. The quantitative estimate of drug-likeness (QED) is 0.876. The van der Waals surface area contributed by atoms with Gasteiger partial charge in [-0.1, -0.05) is 29.5 Å². The van der Waals surface area contributed by atoms with Crippen molar-refractivity contribution in [1.29, 1.82) is 5.26 Å². The molecule has 1 fully saturated rings. The predicted molar refractivity (Wildman–Crippen MR) is 97.9 cm³/mol. The van der Waals surface area contributed by atoms with Crippen molar-refractivity contribution >= 4 is 5.91 Å². The van der Waals surface area contributed by atoms with Crippen LogP contribution in [0.2, 0.25) is 0 Å². The van der Waals surface area contributed by atoms with Gasteiger partial charge in [0.05, 0.1) is 18.7 Å². The summed E-state index contributed by atoms with van der Waals surface area (Å²) < 4.78 is 0. The van der Waals surface area contributed by atoms with Crippen LogP contribution in [0.1, 0.15) is 43.9 Å². The van der Waals surface area contributed by atoms with Gasteiger partial charge >= 0.3 is 0 Å². The molecule has 2 heterocycles. The third kappa shape index (κ3) is 3.86. The first-order valence-corrected chi connectivity index (χ1v) is 9.21. The van der Waals surface area contributed by atoms with Gasteiger partial charge in [0.15, 0.2) is 0 Å². The van der Waals surface area contributed by atoms with Crippen LogP contribution in [-0.4, -0.2) is 47.0 Å². The van der Waals surface area contributed by atoms with Crippen LogP contribution in [0.5, 0.6) is 0 Å². The lowest BCUT2D eigenvalue weighted by Gasteiger charge is -2.23. The van der Waals surface area contributed by atoms with Crippen LogP contribution in [0, 0.1) is 11.3 Å². The number of benzene rings is 1. The summed E-state index contributed by atoms with van der Waals surface area (Å²) in [7, 11) is 0. The second-order valence-electron chi connectivity index (χ2n) is 7.31. The number of rotatable bonds is 5. The van der Waals surface area contributed by atoms with Gasteiger partial charge in [-0.15, -0.1) is 0 Å². The maximum absolute atomic E-state index is 12.5. The zero-order chi connectivity index (χ0) is 18.7. The summed E-state index contributed by atoms with van der Waals surface area (Å²) in [6.07, 6.45) is 2.08. The van der Waals surface area contributed by atoms with Crippen molar-refractivity contribution in [3.8, 4) is 6.07 Å². The fourth-order valence-corrected chi connectivity index (χ4v) is 3.46. The highest BCUT2D eigenvalue weighted by Crippen LogP contribution is 2.26. The molecule has 2 N–H and O–H groups in total. The number of carbonyl (C=O) groups is 1. The number of nitrogens with two attached hydrogens (primary N) is 1. The molecule has 2 aliphatic rings. The van der Waals surface area contributed by atoms with Crippen LogP contribution in [-0.2, 0) is 11.2 Å². The highest BCUT2D eigenvalue weighted by molar-refractivity contribution is 5.82. The van der Waals surface area contributed by atoms with E-state index in [1.807, 2.05) is 29.3 Å². The van der Waals surface area contributed by atoms with Gasteiger partial charge in [0, 0.05) is 12.6 Å². The van der Waals surface area contributed by atoms with Gasteiger partial charge in [-0.25, -0.2) is 0 Å². The third-order valence-corrected chi connectivity index (χ3v) is 5.08. The molecular weight excluding hydrogens is 328 g/mol. The van der Waals surface area contributed by atoms with Gasteiger partial charge in [-0.3, -0.25) is 9.80 Å². The van der Waals surface area contributed by atoms with Crippen molar-refractivity contribution in [2.75, 3.05) is 13.1 Å². The molecule has 1 saturated heterocycles. The Morgan fingerprint density at radius 3 is 2.73 bits per heavy atom. The van der Waals surface area contributed by atoms with Crippen LogP contribution >= 0.6 is 0 Å². The zero-order valence-corrected chi connectivity index (χ0v) is 15.4. The molecular formula is C19H26N6O. The van der Waals surface area contributed by atoms with Gasteiger partial charge in [0.1, 0.15) is 12.1 Å². The van der Waals surface area contributed by atoms with Crippen molar-refractivity contribution in [1.82, 2.24) is 9.91 Å². The molecule has 0 spiro atoms. The Hall–Kier alpha value is -2.46. The molecule has 0 aromatic heterocycles. The van der Waals surface area contributed by atoms with Gasteiger partial charge in [0.25, 0.3) is 0 Å². The van der Waals surface area contributed by atoms with E-state index in [9.17, 15) is 4.79 Å². The Morgan fingerprint density at radius 2 is 2.12 bits per heavy atom. The van der Waals surface area contributed by atoms with Crippen molar-refractivity contribution in [3.63, 3.8) is 0 Å². The average Bonchev–Trinajstić information content (AvgIpc) is 3.31. The Labute approximate surface area is 154 Å². The van der Waals surface area contributed by atoms with E-state index in [4.69, 9.17) is 11.0 Å². The van der Waals surface area contributed by atoms with Gasteiger partial charge in [-0.2, -0.15) is 10.4 Å². The molecule has 7 nitrogen and oxygen atoms in total. The minimum absolute atomic E-state index is 0.0581. The summed E-state index contributed by atoms with van der Waals surface area (Å²) in [6.45, 7) is 5.61. The van der Waals surface area contributed by atoms with E-state index in [1.54, 1.807) is 4.90 Å². The van der Waals surface area contributed by atoms with E-state index in [2.05, 4.69) is 30.3 Å². The Kier molecular flexibility index (Phi) is 5.52. The van der Waals surface area contributed by atoms with Gasteiger partial charge < -0.3 is 10.6 Å². The lowest BCUT2D eigenvalue weighted by molar-refractivity contribution is -0.132. The maximum Gasteiger partial charge on any atom is 0.240 e. The Balaban J connectivity index is 1.58. The van der Waals surface area contributed by atoms with E-state index in [-0.39, 0.29) is 18.0 Å². The number of likely N-dealkylation sites (tertiary alicyclic amines) is 1. The first-order chi connectivity index (χ1) is 12.5. The molecule has 26 heavy (non-hydrogen) atoms. The van der Waals surface area contributed by atoms with Gasteiger partial charge in [-0.05, 0) is 44.2 Å². The summed E-state index contributed by atoms with van der Waals surface area (Å²) in [4.78, 5) is 14.1. The molecule has 0 bridgehead atoms. The van der Waals surface area contributed by atoms with E-state index in [0.29, 0.717) is 19.0 Å². The van der Waals surface area contributed by atoms with E-state index >= 15 is 0 Å². The molecule has 1 unspecified atom stereocenters. The first-order valence-electron chi connectivity index (χ1n) is 9.21. The molecule has 138 valence electrons. The van der Waals surface area contributed by atoms with Crippen LogP contribution in [0.4, 0.5) is 0 Å². The maximum atomic E-state index is 12.5. The van der Waals surface area contributed by atoms with E-state index in [1.165, 1.54) is 0 Å². The minimum Gasteiger partial charge on any atom is -0.325 e. The number of amides is 1. The van der Waals surface area contributed by atoms with Crippen LogP contribution in [0.15, 0.2) is 34.6 Å². The van der Waals surface area contributed by atoms with Crippen molar-refractivity contribution in [3.05, 3.63) is 35.4 Å². The highest BCUT2D eigenvalue weighted by Gasteiger charge is 2.31. The smallest absolute Gasteiger partial charge is 0.240 e. The molecule has 7 heteroatoms. The molecule has 0 radical (unpaired) electrons. The van der Waals surface area contributed by atoms with E-state index < -0.39 is 6.04 Å². The summed E-state index contributed by atoms with van der Waals surface area (Å²) in [5, 5.41) is 19.7. The van der Waals surface area contributed by atoms with Crippen molar-refractivity contribution in [2.24, 2.45) is 16.1 Å².